The maximum atomic E-state index is 12.2. The van der Waals surface area contributed by atoms with Crippen molar-refractivity contribution < 1.29 is 27.5 Å². The molecular formula is C16H19ClF3NO3. The van der Waals surface area contributed by atoms with E-state index in [1.54, 1.807) is 0 Å². The summed E-state index contributed by atoms with van der Waals surface area (Å²) >= 11 is 5.47. The fourth-order valence-corrected chi connectivity index (χ4v) is 2.61. The van der Waals surface area contributed by atoms with Crippen LogP contribution in [0.4, 0.5) is 13.2 Å². The van der Waals surface area contributed by atoms with Crippen LogP contribution in [0.15, 0.2) is 18.2 Å². The molecule has 1 aromatic rings. The van der Waals surface area contributed by atoms with E-state index in [9.17, 15) is 22.8 Å². The number of amides is 1. The number of carbonyl (C=O) groups is 2. The zero-order chi connectivity index (χ0) is 18.3. The van der Waals surface area contributed by atoms with Gasteiger partial charge >= 0.3 is 12.1 Å². The summed E-state index contributed by atoms with van der Waals surface area (Å²) in [7, 11) is 1.47. The van der Waals surface area contributed by atoms with Gasteiger partial charge in [-0.3, -0.25) is 9.59 Å². The predicted octanol–water partition coefficient (Wildman–Crippen LogP) is 4.20. The fraction of sp³-hybridized carbons (Fsp3) is 0.500. The summed E-state index contributed by atoms with van der Waals surface area (Å²) in [5, 5.41) is -0.0921. The van der Waals surface area contributed by atoms with Gasteiger partial charge in [0, 0.05) is 0 Å². The molecule has 0 spiro atoms. The molecule has 0 bridgehead atoms. The van der Waals surface area contributed by atoms with Crippen molar-refractivity contribution in [2.45, 2.75) is 38.3 Å². The van der Waals surface area contributed by atoms with E-state index in [4.69, 9.17) is 17.3 Å². The number of ether oxygens (including phenoxy) is 1. The zero-order valence-corrected chi connectivity index (χ0v) is 13.9. The van der Waals surface area contributed by atoms with Gasteiger partial charge in [-0.1, -0.05) is 30.9 Å². The minimum Gasteiger partial charge on any atom is -0.469 e. The van der Waals surface area contributed by atoms with Gasteiger partial charge in [0.2, 0.25) is 5.91 Å². The molecule has 1 aromatic carbocycles. The molecule has 0 aliphatic heterocycles. The molecule has 24 heavy (non-hydrogen) atoms. The number of halogens is 4. The van der Waals surface area contributed by atoms with Crippen molar-refractivity contribution in [1.29, 1.82) is 0 Å². The summed E-state index contributed by atoms with van der Waals surface area (Å²) in [5.74, 6) is -0.792. The van der Waals surface area contributed by atoms with Crippen LogP contribution in [0.3, 0.4) is 0 Å². The molecule has 0 saturated heterocycles. The number of alkyl halides is 3. The average Bonchev–Trinajstić information content (AvgIpc) is 2.54. The number of carbonyl (C=O) groups excluding carboxylic acids is 2. The standard InChI is InChI=1S/C8H5ClF3NO.C8H14O2/c9-6-2-1-4(8(10,11)12)3-5(6)7(13)14;1-10-8(9)7-5-3-2-4-6-7/h1-3H,(H2,13,14);7H,2-6H2,1H3. The largest absolute Gasteiger partial charge is 0.469 e. The van der Waals surface area contributed by atoms with E-state index in [1.807, 2.05) is 0 Å². The van der Waals surface area contributed by atoms with Crippen LogP contribution in [0.1, 0.15) is 48.0 Å². The second kappa shape index (κ2) is 8.92. The van der Waals surface area contributed by atoms with E-state index >= 15 is 0 Å². The lowest BCUT2D eigenvalue weighted by Gasteiger charge is -2.18. The number of hydrogen-bond donors (Lipinski definition) is 1. The predicted molar refractivity (Wildman–Crippen MR) is 83.6 cm³/mol. The van der Waals surface area contributed by atoms with E-state index in [1.165, 1.54) is 26.4 Å². The van der Waals surface area contributed by atoms with Crippen LogP contribution in [-0.4, -0.2) is 19.0 Å². The molecule has 1 fully saturated rings. The smallest absolute Gasteiger partial charge is 0.416 e. The van der Waals surface area contributed by atoms with Crippen LogP contribution >= 0.6 is 11.6 Å². The van der Waals surface area contributed by atoms with E-state index in [-0.39, 0.29) is 22.5 Å². The first-order chi connectivity index (χ1) is 11.2. The average molecular weight is 366 g/mol. The van der Waals surface area contributed by atoms with Gasteiger partial charge in [-0.05, 0) is 31.0 Å². The second-order valence-electron chi connectivity index (χ2n) is 5.41. The molecule has 1 aliphatic carbocycles. The summed E-state index contributed by atoms with van der Waals surface area (Å²) in [4.78, 5) is 21.6. The van der Waals surface area contributed by atoms with E-state index < -0.39 is 17.6 Å². The Hall–Kier alpha value is -1.76. The molecule has 134 valence electrons. The molecule has 0 radical (unpaired) electrons. The Balaban J connectivity index is 0.000000254. The third kappa shape index (κ3) is 6.03. The molecule has 1 amide bonds. The highest BCUT2D eigenvalue weighted by Gasteiger charge is 2.31. The summed E-state index contributed by atoms with van der Waals surface area (Å²) in [6.45, 7) is 0. The number of benzene rings is 1. The Labute approximate surface area is 143 Å². The molecule has 0 unspecified atom stereocenters. The summed E-state index contributed by atoms with van der Waals surface area (Å²) < 4.78 is 41.2. The molecule has 2 rings (SSSR count). The Morgan fingerprint density at radius 1 is 1.21 bits per heavy atom. The van der Waals surface area contributed by atoms with E-state index in [0.717, 1.165) is 25.0 Å². The van der Waals surface area contributed by atoms with Gasteiger partial charge < -0.3 is 10.5 Å². The van der Waals surface area contributed by atoms with Gasteiger partial charge in [0.1, 0.15) is 0 Å². The first-order valence-corrected chi connectivity index (χ1v) is 7.79. The van der Waals surface area contributed by atoms with Crippen LogP contribution in [-0.2, 0) is 15.7 Å². The van der Waals surface area contributed by atoms with Gasteiger partial charge in [-0.2, -0.15) is 13.2 Å². The quantitative estimate of drug-likeness (QED) is 0.798. The Morgan fingerprint density at radius 2 is 1.79 bits per heavy atom. The van der Waals surface area contributed by atoms with Crippen LogP contribution in [0.2, 0.25) is 5.02 Å². The topological polar surface area (TPSA) is 69.4 Å². The van der Waals surface area contributed by atoms with Crippen molar-refractivity contribution in [1.82, 2.24) is 0 Å². The molecule has 4 nitrogen and oxygen atoms in total. The number of rotatable bonds is 2. The first-order valence-electron chi connectivity index (χ1n) is 7.41. The maximum absolute atomic E-state index is 12.2. The Bertz CT molecular complexity index is 584. The van der Waals surface area contributed by atoms with Crippen molar-refractivity contribution in [3.05, 3.63) is 34.3 Å². The van der Waals surface area contributed by atoms with Gasteiger partial charge in [0.25, 0.3) is 0 Å². The molecule has 0 aromatic heterocycles. The number of hydrogen-bond acceptors (Lipinski definition) is 3. The van der Waals surface area contributed by atoms with Crippen molar-refractivity contribution >= 4 is 23.5 Å². The molecular weight excluding hydrogens is 347 g/mol. The Morgan fingerprint density at radius 3 is 2.25 bits per heavy atom. The van der Waals surface area contributed by atoms with Gasteiger partial charge in [0.15, 0.2) is 0 Å². The van der Waals surface area contributed by atoms with Crippen LogP contribution < -0.4 is 5.73 Å². The molecule has 1 saturated carbocycles. The maximum Gasteiger partial charge on any atom is 0.416 e. The number of esters is 1. The lowest BCUT2D eigenvalue weighted by atomic mass is 9.89. The minimum absolute atomic E-state index is 0.0142. The fourth-order valence-electron chi connectivity index (χ4n) is 2.40. The summed E-state index contributed by atoms with van der Waals surface area (Å²) in [6.07, 6.45) is 1.24. The number of methoxy groups -OCH3 is 1. The first kappa shape index (κ1) is 20.3. The second-order valence-corrected chi connectivity index (χ2v) is 5.82. The molecule has 2 N–H and O–H groups in total. The SMILES string of the molecule is COC(=O)C1CCCCC1.NC(=O)c1cc(C(F)(F)F)ccc1Cl. The van der Waals surface area contributed by atoms with Gasteiger partial charge in [-0.25, -0.2) is 0 Å². The highest BCUT2D eigenvalue weighted by molar-refractivity contribution is 6.33. The lowest BCUT2D eigenvalue weighted by Crippen LogP contribution is -2.18. The molecule has 1 aliphatic rings. The van der Waals surface area contributed by atoms with E-state index in [2.05, 4.69) is 4.74 Å². The van der Waals surface area contributed by atoms with Crippen LogP contribution in [0, 0.1) is 5.92 Å². The van der Waals surface area contributed by atoms with Gasteiger partial charge in [0.05, 0.1) is 29.2 Å². The highest BCUT2D eigenvalue weighted by Crippen LogP contribution is 2.31. The van der Waals surface area contributed by atoms with Crippen molar-refractivity contribution in [2.75, 3.05) is 7.11 Å². The molecule has 8 heteroatoms. The number of primary amides is 1. The minimum atomic E-state index is -4.51. The van der Waals surface area contributed by atoms with Crippen LogP contribution in [0.25, 0.3) is 0 Å². The van der Waals surface area contributed by atoms with Crippen molar-refractivity contribution in [3.8, 4) is 0 Å². The lowest BCUT2D eigenvalue weighted by molar-refractivity contribution is -0.146. The van der Waals surface area contributed by atoms with Crippen molar-refractivity contribution in [2.24, 2.45) is 11.7 Å². The van der Waals surface area contributed by atoms with Crippen molar-refractivity contribution in [3.63, 3.8) is 0 Å². The summed E-state index contributed by atoms with van der Waals surface area (Å²) in [6, 6.07) is 2.41. The van der Waals surface area contributed by atoms with Crippen LogP contribution in [0.5, 0.6) is 0 Å². The summed E-state index contributed by atoms with van der Waals surface area (Å²) in [5.41, 5.74) is 3.56. The number of nitrogens with two attached hydrogens (primary N) is 1. The highest BCUT2D eigenvalue weighted by atomic mass is 35.5. The Kier molecular flexibility index (Phi) is 7.54. The zero-order valence-electron chi connectivity index (χ0n) is 13.2. The van der Waals surface area contributed by atoms with Gasteiger partial charge in [-0.15, -0.1) is 0 Å². The monoisotopic (exact) mass is 365 g/mol. The normalized spacial score (nSPS) is 15.2. The molecule has 0 heterocycles. The third-order valence-electron chi connectivity index (χ3n) is 3.70. The third-order valence-corrected chi connectivity index (χ3v) is 4.03. The van der Waals surface area contributed by atoms with E-state index in [0.29, 0.717) is 6.07 Å². The molecule has 0 atom stereocenters.